The molecule has 0 aromatic carbocycles. The maximum atomic E-state index is 12.1. The molecule has 1 unspecified atom stereocenters. The number of alkyl halides is 6. The number of hydrogen-bond acceptors (Lipinski definition) is 3. The molecule has 0 spiro atoms. The van der Waals surface area contributed by atoms with Crippen LogP contribution in [-0.2, 0) is 4.74 Å². The van der Waals surface area contributed by atoms with Crippen LogP contribution in [0.1, 0.15) is 26.2 Å². The van der Waals surface area contributed by atoms with Gasteiger partial charge >= 0.3 is 12.4 Å². The van der Waals surface area contributed by atoms with Crippen LogP contribution in [0.2, 0.25) is 0 Å². The molecule has 0 bridgehead atoms. The first-order valence-electron chi connectivity index (χ1n) is 5.35. The molecule has 0 radical (unpaired) electrons. The molecule has 0 saturated heterocycles. The molecule has 0 amide bonds. The van der Waals surface area contributed by atoms with Crippen LogP contribution in [-0.4, -0.2) is 30.6 Å². The van der Waals surface area contributed by atoms with Crippen LogP contribution in [0.3, 0.4) is 0 Å². The van der Waals surface area contributed by atoms with Crippen molar-refractivity contribution in [2.75, 3.05) is 6.61 Å². The van der Waals surface area contributed by atoms with Gasteiger partial charge in [0.05, 0.1) is 6.07 Å². The Morgan fingerprint density at radius 1 is 1.11 bits per heavy atom. The minimum Gasteiger partial charge on any atom is -0.361 e. The third kappa shape index (κ3) is 7.22. The predicted octanol–water partition coefficient (Wildman–Crippen LogP) is 2.91. The number of halogens is 6. The normalized spacial score (nSPS) is 16.2. The summed E-state index contributed by atoms with van der Waals surface area (Å²) in [7, 11) is 0. The Morgan fingerprint density at radius 3 is 1.95 bits per heavy atom. The molecule has 0 aromatic heterocycles. The fourth-order valence-electron chi connectivity index (χ4n) is 1.23. The summed E-state index contributed by atoms with van der Waals surface area (Å²) in [6.45, 7) is 0.716. The monoisotopic (exact) mass is 292 g/mol. The van der Waals surface area contributed by atoms with E-state index in [2.05, 4.69) is 4.74 Å². The van der Waals surface area contributed by atoms with E-state index in [9.17, 15) is 26.3 Å². The van der Waals surface area contributed by atoms with Gasteiger partial charge < -0.3 is 10.5 Å². The van der Waals surface area contributed by atoms with Crippen LogP contribution in [0, 0.1) is 11.3 Å². The molecule has 0 aliphatic carbocycles. The second-order valence-corrected chi connectivity index (χ2v) is 4.32. The third-order valence-electron chi connectivity index (χ3n) is 2.22. The topological polar surface area (TPSA) is 59.0 Å². The number of unbranched alkanes of at least 4 members (excludes halogenated alkanes) is 1. The minimum atomic E-state index is -5.49. The van der Waals surface area contributed by atoms with Gasteiger partial charge in [0.2, 0.25) is 6.10 Å². The van der Waals surface area contributed by atoms with Crippen LogP contribution in [0.5, 0.6) is 0 Å². The largest absolute Gasteiger partial charge is 0.423 e. The first-order chi connectivity index (χ1) is 8.40. The second kappa shape index (κ2) is 6.43. The Bertz CT molecular complexity index is 303. The molecule has 0 rings (SSSR count). The summed E-state index contributed by atoms with van der Waals surface area (Å²) in [6.07, 6.45) is -14.4. The first kappa shape index (κ1) is 18.0. The lowest BCUT2D eigenvalue weighted by atomic mass is 9.98. The first-order valence-corrected chi connectivity index (χ1v) is 5.35. The Labute approximate surface area is 106 Å². The molecule has 0 aliphatic rings. The average Bonchev–Trinajstić information content (AvgIpc) is 2.19. The Hall–Kier alpha value is -1.01. The van der Waals surface area contributed by atoms with E-state index in [4.69, 9.17) is 11.0 Å². The van der Waals surface area contributed by atoms with E-state index in [1.165, 1.54) is 6.92 Å². The molecule has 0 aliphatic heterocycles. The van der Waals surface area contributed by atoms with E-state index < -0.39 is 30.6 Å². The van der Waals surface area contributed by atoms with Crippen molar-refractivity contribution in [3.8, 4) is 6.07 Å². The number of nitriles is 1. The molecular formula is C10H14F6N2O. The highest BCUT2D eigenvalue weighted by Crippen LogP contribution is 2.35. The summed E-state index contributed by atoms with van der Waals surface area (Å²) < 4.78 is 76.2. The maximum Gasteiger partial charge on any atom is 0.423 e. The predicted molar refractivity (Wildman–Crippen MR) is 53.9 cm³/mol. The van der Waals surface area contributed by atoms with Gasteiger partial charge in [-0.1, -0.05) is 0 Å². The second-order valence-electron chi connectivity index (χ2n) is 4.32. The van der Waals surface area contributed by atoms with Gasteiger partial charge in [-0.25, -0.2) is 0 Å². The summed E-state index contributed by atoms with van der Waals surface area (Å²) in [5.74, 6) is 0. The summed E-state index contributed by atoms with van der Waals surface area (Å²) >= 11 is 0. The van der Waals surface area contributed by atoms with Crippen molar-refractivity contribution in [1.82, 2.24) is 0 Å². The van der Waals surface area contributed by atoms with Gasteiger partial charge in [0.25, 0.3) is 0 Å². The van der Waals surface area contributed by atoms with Crippen molar-refractivity contribution in [2.45, 2.75) is 50.2 Å². The number of nitrogens with two attached hydrogens (primary N) is 1. The van der Waals surface area contributed by atoms with Crippen molar-refractivity contribution in [3.63, 3.8) is 0 Å². The van der Waals surface area contributed by atoms with Gasteiger partial charge in [0, 0.05) is 6.61 Å². The molecule has 112 valence electrons. The van der Waals surface area contributed by atoms with Crippen molar-refractivity contribution in [1.29, 1.82) is 5.26 Å². The van der Waals surface area contributed by atoms with Crippen molar-refractivity contribution >= 4 is 0 Å². The maximum absolute atomic E-state index is 12.1. The fraction of sp³-hybridized carbons (Fsp3) is 0.900. The van der Waals surface area contributed by atoms with Gasteiger partial charge in [-0.3, -0.25) is 0 Å². The van der Waals surface area contributed by atoms with Crippen LogP contribution in [0.4, 0.5) is 26.3 Å². The molecular weight excluding hydrogens is 278 g/mol. The van der Waals surface area contributed by atoms with Crippen LogP contribution >= 0.6 is 0 Å². The lowest BCUT2D eigenvalue weighted by Gasteiger charge is -2.23. The van der Waals surface area contributed by atoms with E-state index >= 15 is 0 Å². The molecule has 9 heteroatoms. The molecule has 1 atom stereocenters. The highest BCUT2D eigenvalue weighted by Gasteiger charge is 2.57. The zero-order valence-corrected chi connectivity index (χ0v) is 10.1. The fourth-order valence-corrected chi connectivity index (χ4v) is 1.23. The van der Waals surface area contributed by atoms with Crippen LogP contribution < -0.4 is 5.73 Å². The highest BCUT2D eigenvalue weighted by atomic mass is 19.4. The average molecular weight is 292 g/mol. The minimum absolute atomic E-state index is 0.0445. The number of hydrogen-bond donors (Lipinski definition) is 1. The van der Waals surface area contributed by atoms with Crippen molar-refractivity contribution in [2.24, 2.45) is 5.73 Å². The lowest BCUT2D eigenvalue weighted by molar-refractivity contribution is -0.321. The van der Waals surface area contributed by atoms with E-state index in [1.54, 1.807) is 6.07 Å². The van der Waals surface area contributed by atoms with Crippen molar-refractivity contribution in [3.05, 3.63) is 0 Å². The van der Waals surface area contributed by atoms with E-state index in [0.29, 0.717) is 0 Å². The number of nitrogens with zero attached hydrogens (tertiary/aromatic N) is 1. The standard InChI is InChI=1S/C10H14F6N2O/c1-8(18,6-17)4-2-3-5-19-7(9(11,12)13)10(14,15)16/h7H,2-5,18H2,1H3. The number of ether oxygens (including phenoxy) is 1. The highest BCUT2D eigenvalue weighted by molar-refractivity contribution is 5.00. The van der Waals surface area contributed by atoms with Gasteiger partial charge in [-0.05, 0) is 26.2 Å². The zero-order valence-electron chi connectivity index (χ0n) is 10.1. The summed E-state index contributed by atoms with van der Waals surface area (Å²) in [4.78, 5) is 0. The molecule has 19 heavy (non-hydrogen) atoms. The van der Waals surface area contributed by atoms with Gasteiger partial charge in [-0.2, -0.15) is 31.6 Å². The Morgan fingerprint density at radius 2 is 1.58 bits per heavy atom. The molecule has 0 aromatic rings. The molecule has 3 nitrogen and oxygen atoms in total. The van der Waals surface area contributed by atoms with E-state index in [-0.39, 0.29) is 19.3 Å². The Balaban J connectivity index is 4.14. The SMILES string of the molecule is CC(N)(C#N)CCCCOC(C(F)(F)F)C(F)(F)F. The smallest absolute Gasteiger partial charge is 0.361 e. The zero-order chi connectivity index (χ0) is 15.3. The van der Waals surface area contributed by atoms with E-state index in [1.807, 2.05) is 0 Å². The Kier molecular flexibility index (Phi) is 6.09. The van der Waals surface area contributed by atoms with Crippen LogP contribution in [0.25, 0.3) is 0 Å². The molecule has 2 N–H and O–H groups in total. The molecule has 0 saturated carbocycles. The van der Waals surface area contributed by atoms with Gasteiger partial charge in [0.1, 0.15) is 5.54 Å². The lowest BCUT2D eigenvalue weighted by Crippen LogP contribution is -2.44. The summed E-state index contributed by atoms with van der Waals surface area (Å²) in [5.41, 5.74) is 4.29. The van der Waals surface area contributed by atoms with Gasteiger partial charge in [0.15, 0.2) is 0 Å². The summed E-state index contributed by atoms with van der Waals surface area (Å²) in [6, 6.07) is 1.77. The van der Waals surface area contributed by atoms with Crippen LogP contribution in [0.15, 0.2) is 0 Å². The number of rotatable bonds is 6. The molecule has 0 heterocycles. The van der Waals surface area contributed by atoms with E-state index in [0.717, 1.165) is 0 Å². The third-order valence-corrected chi connectivity index (χ3v) is 2.22. The summed E-state index contributed by atoms with van der Waals surface area (Å²) in [5, 5.41) is 8.55. The quantitative estimate of drug-likeness (QED) is 0.605. The van der Waals surface area contributed by atoms with Crippen molar-refractivity contribution < 1.29 is 31.1 Å². The molecule has 0 fully saturated rings. The van der Waals surface area contributed by atoms with Gasteiger partial charge in [-0.15, -0.1) is 0 Å².